The molecule has 2 heteroatoms. The number of unbranched alkanes of at least 4 members (excludes halogenated alkanes) is 23. The van der Waals surface area contributed by atoms with Gasteiger partial charge in [-0.05, 0) is 102 Å². The van der Waals surface area contributed by atoms with E-state index in [1.54, 1.807) is 0 Å². The first-order valence-corrected chi connectivity index (χ1v) is 28.4. The summed E-state index contributed by atoms with van der Waals surface area (Å²) in [6.45, 7) is 6.93. The van der Waals surface area contributed by atoms with E-state index >= 15 is 0 Å². The Morgan fingerprint density at radius 1 is 0.364 bits per heavy atom. The SMILES string of the molecule is CCCCCCCCCCCCC1CCC(c2ccc(C(CCCCCCCCCC)c3ccc(N)cc3)cc2)(c2ccc(C(CCCCCCCCCC)c3ccc(N)cc3)cc2)CC1. The Morgan fingerprint density at radius 3 is 0.955 bits per heavy atom. The van der Waals surface area contributed by atoms with Crippen molar-refractivity contribution in [2.24, 2.45) is 5.92 Å². The van der Waals surface area contributed by atoms with Crippen molar-refractivity contribution in [1.29, 1.82) is 0 Å². The van der Waals surface area contributed by atoms with Crippen LogP contribution in [-0.4, -0.2) is 0 Å². The largest absolute Gasteiger partial charge is 0.399 e. The van der Waals surface area contributed by atoms with E-state index in [1.165, 1.54) is 245 Å². The number of benzene rings is 4. The van der Waals surface area contributed by atoms with E-state index in [0.29, 0.717) is 11.8 Å². The number of nitrogen functional groups attached to an aromatic ring is 2. The lowest BCUT2D eigenvalue weighted by molar-refractivity contribution is 0.250. The Morgan fingerprint density at radius 2 is 0.636 bits per heavy atom. The Balaban J connectivity index is 1.32. The van der Waals surface area contributed by atoms with Crippen LogP contribution in [0.15, 0.2) is 97.1 Å². The molecule has 0 aliphatic heterocycles. The van der Waals surface area contributed by atoms with Crippen molar-refractivity contribution in [3.63, 3.8) is 0 Å². The monoisotopic (exact) mass is 895 g/mol. The minimum atomic E-state index is 0.0499. The van der Waals surface area contributed by atoms with Crippen LogP contribution in [-0.2, 0) is 5.41 Å². The maximum Gasteiger partial charge on any atom is 0.0314 e. The lowest BCUT2D eigenvalue weighted by Crippen LogP contribution is -2.33. The molecule has 66 heavy (non-hydrogen) atoms. The summed E-state index contributed by atoms with van der Waals surface area (Å²) in [5.41, 5.74) is 22.9. The summed E-state index contributed by atoms with van der Waals surface area (Å²) in [7, 11) is 0. The van der Waals surface area contributed by atoms with Gasteiger partial charge < -0.3 is 11.5 Å². The first kappa shape index (κ1) is 53.4. The molecule has 0 aromatic heterocycles. The Labute approximate surface area is 407 Å². The van der Waals surface area contributed by atoms with Crippen LogP contribution in [0, 0.1) is 5.92 Å². The second-order valence-electron chi connectivity index (χ2n) is 21.2. The fourth-order valence-corrected chi connectivity index (χ4v) is 11.7. The molecule has 2 unspecified atom stereocenters. The molecule has 0 saturated heterocycles. The number of nitrogens with two attached hydrogens (primary N) is 2. The van der Waals surface area contributed by atoms with Crippen molar-refractivity contribution < 1.29 is 0 Å². The molecule has 5 rings (SSSR count). The van der Waals surface area contributed by atoms with E-state index in [2.05, 4.69) is 118 Å². The summed E-state index contributed by atoms with van der Waals surface area (Å²) in [6, 6.07) is 37.7. The zero-order valence-corrected chi connectivity index (χ0v) is 43.0. The zero-order chi connectivity index (χ0) is 46.5. The summed E-state index contributed by atoms with van der Waals surface area (Å²) >= 11 is 0. The van der Waals surface area contributed by atoms with Crippen molar-refractivity contribution in [3.8, 4) is 0 Å². The second-order valence-corrected chi connectivity index (χ2v) is 21.2. The highest BCUT2D eigenvalue weighted by molar-refractivity contribution is 5.47. The van der Waals surface area contributed by atoms with Gasteiger partial charge in [0.1, 0.15) is 0 Å². The third-order valence-electron chi connectivity index (χ3n) is 16.0. The highest BCUT2D eigenvalue weighted by Crippen LogP contribution is 2.48. The third-order valence-corrected chi connectivity index (χ3v) is 16.0. The smallest absolute Gasteiger partial charge is 0.0314 e. The van der Waals surface area contributed by atoms with Gasteiger partial charge in [-0.25, -0.2) is 0 Å². The minimum absolute atomic E-state index is 0.0499. The van der Waals surface area contributed by atoms with Crippen LogP contribution < -0.4 is 11.5 Å². The van der Waals surface area contributed by atoms with Gasteiger partial charge in [-0.15, -0.1) is 0 Å². The quantitative estimate of drug-likeness (QED) is 0.0357. The summed E-state index contributed by atoms with van der Waals surface area (Å²) < 4.78 is 0. The molecule has 0 heterocycles. The third kappa shape index (κ3) is 18.2. The molecule has 1 aliphatic rings. The van der Waals surface area contributed by atoms with Gasteiger partial charge in [0, 0.05) is 28.6 Å². The molecular weight excluding hydrogens is 797 g/mol. The van der Waals surface area contributed by atoms with Crippen LogP contribution in [0.25, 0.3) is 0 Å². The number of anilines is 2. The van der Waals surface area contributed by atoms with E-state index in [9.17, 15) is 0 Å². The molecule has 1 saturated carbocycles. The van der Waals surface area contributed by atoms with E-state index in [1.807, 2.05) is 0 Å². The highest BCUT2D eigenvalue weighted by Gasteiger charge is 2.38. The molecule has 364 valence electrons. The lowest BCUT2D eigenvalue weighted by atomic mass is 9.62. The van der Waals surface area contributed by atoms with E-state index in [4.69, 9.17) is 11.5 Å². The highest BCUT2D eigenvalue weighted by atomic mass is 14.5. The van der Waals surface area contributed by atoms with E-state index < -0.39 is 0 Å². The Bertz CT molecular complexity index is 1670. The maximum atomic E-state index is 6.21. The van der Waals surface area contributed by atoms with Crippen LogP contribution in [0.3, 0.4) is 0 Å². The molecule has 0 spiro atoms. The van der Waals surface area contributed by atoms with Crippen molar-refractivity contribution in [1.82, 2.24) is 0 Å². The lowest BCUT2D eigenvalue weighted by Gasteiger charge is -2.42. The normalized spacial score (nSPS) is 17.2. The van der Waals surface area contributed by atoms with Gasteiger partial charge in [-0.1, -0.05) is 267 Å². The van der Waals surface area contributed by atoms with Crippen LogP contribution in [0.2, 0.25) is 0 Å². The fourth-order valence-electron chi connectivity index (χ4n) is 11.7. The van der Waals surface area contributed by atoms with Gasteiger partial charge in [0.2, 0.25) is 0 Å². The van der Waals surface area contributed by atoms with Crippen LogP contribution in [0.5, 0.6) is 0 Å². The van der Waals surface area contributed by atoms with Crippen molar-refractivity contribution >= 4 is 11.4 Å². The van der Waals surface area contributed by atoms with Gasteiger partial charge in [0.05, 0.1) is 0 Å². The summed E-state index contributed by atoms with van der Waals surface area (Å²) in [4.78, 5) is 0. The van der Waals surface area contributed by atoms with Crippen LogP contribution in [0.1, 0.15) is 278 Å². The number of rotatable bonds is 35. The topological polar surface area (TPSA) is 52.0 Å². The molecule has 1 aliphatic carbocycles. The number of hydrogen-bond donors (Lipinski definition) is 2. The fraction of sp³-hybridized carbons (Fsp3) is 0.625. The molecule has 4 aromatic rings. The standard InChI is InChI=1S/C64H98N2/c1-4-7-10-13-16-19-20-21-24-27-30-53-49-51-64(52-50-53,58-41-33-54(34-42-58)62(56-37-45-60(65)46-38-56)31-28-25-22-17-14-11-8-5-2)59-43-35-55(36-44-59)63(57-39-47-61(66)48-40-57)32-29-26-23-18-15-12-9-6-3/h33-48,53,62-63H,4-32,49-52,65-66H2,1-3H3. The maximum absolute atomic E-state index is 6.21. The van der Waals surface area contributed by atoms with Crippen LogP contribution in [0.4, 0.5) is 11.4 Å². The minimum Gasteiger partial charge on any atom is -0.399 e. The van der Waals surface area contributed by atoms with Gasteiger partial charge in [-0.3, -0.25) is 0 Å². The van der Waals surface area contributed by atoms with Gasteiger partial charge in [0.15, 0.2) is 0 Å². The summed E-state index contributed by atoms with van der Waals surface area (Å²) in [6.07, 6.45) is 44.8. The van der Waals surface area contributed by atoms with Crippen molar-refractivity contribution in [2.75, 3.05) is 11.5 Å². The first-order chi connectivity index (χ1) is 32.5. The molecule has 1 fully saturated rings. The van der Waals surface area contributed by atoms with Gasteiger partial charge in [0.25, 0.3) is 0 Å². The average Bonchev–Trinajstić information content (AvgIpc) is 3.35. The van der Waals surface area contributed by atoms with Gasteiger partial charge >= 0.3 is 0 Å². The number of hydrogen-bond acceptors (Lipinski definition) is 2. The summed E-state index contributed by atoms with van der Waals surface area (Å²) in [5.74, 6) is 1.66. The zero-order valence-electron chi connectivity index (χ0n) is 43.0. The Hall–Kier alpha value is -3.52. The van der Waals surface area contributed by atoms with E-state index in [-0.39, 0.29) is 5.41 Å². The Kier molecular flexibility index (Phi) is 25.5. The average molecular weight is 896 g/mol. The molecule has 0 amide bonds. The summed E-state index contributed by atoms with van der Waals surface area (Å²) in [5, 5.41) is 0. The predicted molar refractivity (Wildman–Crippen MR) is 292 cm³/mol. The molecule has 4 N–H and O–H groups in total. The van der Waals surface area contributed by atoms with Crippen LogP contribution >= 0.6 is 0 Å². The molecule has 0 bridgehead atoms. The van der Waals surface area contributed by atoms with Crippen molar-refractivity contribution in [3.05, 3.63) is 130 Å². The van der Waals surface area contributed by atoms with Gasteiger partial charge in [-0.2, -0.15) is 0 Å². The first-order valence-electron chi connectivity index (χ1n) is 28.4. The molecule has 0 radical (unpaired) electrons. The van der Waals surface area contributed by atoms with Crippen molar-refractivity contribution in [2.45, 2.75) is 250 Å². The molecular formula is C64H98N2. The molecule has 2 atom stereocenters. The second kappa shape index (κ2) is 31.5. The predicted octanol–water partition coefficient (Wildman–Crippen LogP) is 20.0. The molecule has 4 aromatic carbocycles. The molecule has 2 nitrogen and oxygen atoms in total. The van der Waals surface area contributed by atoms with E-state index in [0.717, 1.165) is 17.3 Å².